The molecule has 3 N–H and O–H groups in total. The van der Waals surface area contributed by atoms with Gasteiger partial charge >= 0.3 is 6.09 Å². The number of hydrogen-bond donors (Lipinski definition) is 2. The third-order valence-electron chi connectivity index (χ3n) is 2.64. The molecule has 1 saturated carbocycles. The quantitative estimate of drug-likeness (QED) is 0.750. The van der Waals surface area contributed by atoms with E-state index in [1.165, 1.54) is 19.3 Å². The molecule has 0 spiro atoms. The Kier molecular flexibility index (Phi) is 3.97. The maximum Gasteiger partial charge on any atom is 0.407 e. The zero-order chi connectivity index (χ0) is 11.5. The topological polar surface area (TPSA) is 64.3 Å². The largest absolute Gasteiger partial charge is 0.444 e. The molecule has 4 heteroatoms. The lowest BCUT2D eigenvalue weighted by molar-refractivity contribution is 0.0517. The van der Waals surface area contributed by atoms with E-state index < -0.39 is 5.60 Å². The summed E-state index contributed by atoms with van der Waals surface area (Å²) in [6.07, 6.45) is 3.27. The molecule has 1 amide bonds. The first kappa shape index (κ1) is 12.3. The number of nitrogens with two attached hydrogens (primary N) is 1. The number of nitrogens with one attached hydrogen (secondary N) is 1. The Morgan fingerprint density at radius 1 is 1.53 bits per heavy atom. The highest BCUT2D eigenvalue weighted by Gasteiger charge is 2.25. The second-order valence-corrected chi connectivity index (χ2v) is 5.24. The van der Waals surface area contributed by atoms with Gasteiger partial charge in [-0.1, -0.05) is 6.42 Å². The molecule has 1 fully saturated rings. The fraction of sp³-hybridized carbons (Fsp3) is 0.909. The van der Waals surface area contributed by atoms with Gasteiger partial charge in [-0.2, -0.15) is 0 Å². The van der Waals surface area contributed by atoms with Crippen LogP contribution in [-0.4, -0.2) is 24.3 Å². The summed E-state index contributed by atoms with van der Waals surface area (Å²) in [5.41, 5.74) is 5.48. The lowest BCUT2D eigenvalue weighted by Crippen LogP contribution is -2.45. The van der Waals surface area contributed by atoms with Crippen molar-refractivity contribution in [1.82, 2.24) is 5.32 Å². The molecule has 0 aliphatic heterocycles. The number of alkyl carbamates (subject to hydrolysis) is 1. The van der Waals surface area contributed by atoms with E-state index in [-0.39, 0.29) is 12.1 Å². The van der Waals surface area contributed by atoms with Gasteiger partial charge in [0, 0.05) is 12.6 Å². The molecule has 0 heterocycles. The van der Waals surface area contributed by atoms with Gasteiger partial charge in [0.2, 0.25) is 0 Å². The van der Waals surface area contributed by atoms with Crippen LogP contribution in [0.15, 0.2) is 0 Å². The van der Waals surface area contributed by atoms with Crippen LogP contribution in [0.2, 0.25) is 0 Å². The summed E-state index contributed by atoms with van der Waals surface area (Å²) in [6.45, 7) is 6.05. The molecule has 1 unspecified atom stereocenters. The molecule has 0 aromatic rings. The molecular weight excluding hydrogens is 192 g/mol. The van der Waals surface area contributed by atoms with Gasteiger partial charge in [0.05, 0.1) is 0 Å². The molecule has 1 aliphatic carbocycles. The first-order valence-electron chi connectivity index (χ1n) is 5.61. The molecule has 0 aromatic heterocycles. The highest BCUT2D eigenvalue weighted by atomic mass is 16.6. The van der Waals surface area contributed by atoms with Crippen molar-refractivity contribution >= 4 is 6.09 Å². The van der Waals surface area contributed by atoms with E-state index in [9.17, 15) is 4.79 Å². The summed E-state index contributed by atoms with van der Waals surface area (Å²) in [6, 6.07) is 0.0752. The normalized spacial score (nSPS) is 19.2. The van der Waals surface area contributed by atoms with Gasteiger partial charge in [-0.15, -0.1) is 0 Å². The number of ether oxygens (including phenoxy) is 1. The van der Waals surface area contributed by atoms with Crippen LogP contribution in [0.25, 0.3) is 0 Å². The highest BCUT2D eigenvalue weighted by molar-refractivity contribution is 5.67. The van der Waals surface area contributed by atoms with E-state index >= 15 is 0 Å². The Bertz CT molecular complexity index is 219. The third-order valence-corrected chi connectivity index (χ3v) is 2.64. The summed E-state index contributed by atoms with van der Waals surface area (Å²) in [5.74, 6) is 0.583. The summed E-state index contributed by atoms with van der Waals surface area (Å²) in [5, 5.41) is 2.70. The van der Waals surface area contributed by atoms with Gasteiger partial charge in [0.1, 0.15) is 5.60 Å². The molecule has 0 radical (unpaired) electrons. The Morgan fingerprint density at radius 3 is 2.53 bits per heavy atom. The molecule has 15 heavy (non-hydrogen) atoms. The van der Waals surface area contributed by atoms with E-state index in [4.69, 9.17) is 10.5 Å². The van der Waals surface area contributed by atoms with Crippen LogP contribution >= 0.6 is 0 Å². The first-order chi connectivity index (χ1) is 6.88. The zero-order valence-corrected chi connectivity index (χ0v) is 9.88. The highest BCUT2D eigenvalue weighted by Crippen LogP contribution is 2.28. The Hall–Kier alpha value is -0.770. The number of rotatable bonds is 3. The Labute approximate surface area is 91.5 Å². The van der Waals surface area contributed by atoms with Crippen molar-refractivity contribution in [2.45, 2.75) is 51.7 Å². The molecule has 0 saturated heterocycles. The molecule has 0 bridgehead atoms. The Balaban J connectivity index is 2.15. The molecule has 88 valence electrons. The lowest BCUT2D eigenvalue weighted by Gasteiger charge is -2.31. The average Bonchev–Trinajstić information content (AvgIpc) is 1.94. The van der Waals surface area contributed by atoms with Crippen LogP contribution in [0.4, 0.5) is 4.79 Å². The van der Waals surface area contributed by atoms with Crippen molar-refractivity contribution < 1.29 is 9.53 Å². The number of carbonyl (C=O) groups excluding carboxylic acids is 1. The van der Waals surface area contributed by atoms with Crippen molar-refractivity contribution in [2.75, 3.05) is 6.54 Å². The van der Waals surface area contributed by atoms with Crippen molar-refractivity contribution in [2.24, 2.45) is 11.7 Å². The van der Waals surface area contributed by atoms with E-state index in [0.29, 0.717) is 12.5 Å². The van der Waals surface area contributed by atoms with Crippen LogP contribution in [0.1, 0.15) is 40.0 Å². The maximum atomic E-state index is 11.3. The van der Waals surface area contributed by atoms with Gasteiger partial charge in [-0.05, 0) is 39.5 Å². The van der Waals surface area contributed by atoms with Crippen molar-refractivity contribution in [3.8, 4) is 0 Å². The Morgan fingerprint density at radius 2 is 2.13 bits per heavy atom. The monoisotopic (exact) mass is 214 g/mol. The van der Waals surface area contributed by atoms with Crippen LogP contribution < -0.4 is 11.1 Å². The van der Waals surface area contributed by atoms with E-state index in [0.717, 1.165) is 0 Å². The fourth-order valence-corrected chi connectivity index (χ4v) is 1.55. The van der Waals surface area contributed by atoms with Gasteiger partial charge < -0.3 is 15.8 Å². The molecule has 1 rings (SSSR count). The standard InChI is InChI=1S/C11H22N2O2/c1-11(2,3)15-10(14)13-7-9(12)8-5-4-6-8/h8-9H,4-7,12H2,1-3H3,(H,13,14). The second-order valence-electron chi connectivity index (χ2n) is 5.24. The van der Waals surface area contributed by atoms with Gasteiger partial charge in [0.25, 0.3) is 0 Å². The van der Waals surface area contributed by atoms with Crippen molar-refractivity contribution in [3.63, 3.8) is 0 Å². The van der Waals surface area contributed by atoms with Crippen molar-refractivity contribution in [1.29, 1.82) is 0 Å². The van der Waals surface area contributed by atoms with Gasteiger partial charge in [0.15, 0.2) is 0 Å². The van der Waals surface area contributed by atoms with Crippen LogP contribution in [-0.2, 0) is 4.74 Å². The number of carbonyl (C=O) groups is 1. The fourth-order valence-electron chi connectivity index (χ4n) is 1.55. The number of hydrogen-bond acceptors (Lipinski definition) is 3. The minimum atomic E-state index is -0.440. The molecule has 0 aromatic carbocycles. The maximum absolute atomic E-state index is 11.3. The predicted octanol–water partition coefficient (Wildman–Crippen LogP) is 1.64. The van der Waals surface area contributed by atoms with E-state index in [2.05, 4.69) is 5.32 Å². The van der Waals surface area contributed by atoms with Crippen LogP contribution in [0, 0.1) is 5.92 Å². The molecule has 1 atom stereocenters. The SMILES string of the molecule is CC(C)(C)OC(=O)NCC(N)C1CCC1. The summed E-state index contributed by atoms with van der Waals surface area (Å²) in [4.78, 5) is 11.3. The minimum absolute atomic E-state index is 0.0752. The molecule has 1 aliphatic rings. The van der Waals surface area contributed by atoms with E-state index in [1.54, 1.807) is 0 Å². The van der Waals surface area contributed by atoms with Crippen molar-refractivity contribution in [3.05, 3.63) is 0 Å². The number of amides is 1. The lowest BCUT2D eigenvalue weighted by atomic mass is 9.80. The minimum Gasteiger partial charge on any atom is -0.444 e. The van der Waals surface area contributed by atoms with Crippen LogP contribution in [0.3, 0.4) is 0 Å². The zero-order valence-electron chi connectivity index (χ0n) is 9.88. The third kappa shape index (κ3) is 4.51. The predicted molar refractivity (Wildman–Crippen MR) is 59.6 cm³/mol. The average molecular weight is 214 g/mol. The van der Waals surface area contributed by atoms with Gasteiger partial charge in [-0.3, -0.25) is 0 Å². The smallest absolute Gasteiger partial charge is 0.407 e. The summed E-state index contributed by atoms with van der Waals surface area (Å²) < 4.78 is 5.11. The summed E-state index contributed by atoms with van der Waals surface area (Å²) >= 11 is 0. The van der Waals surface area contributed by atoms with Gasteiger partial charge in [-0.25, -0.2) is 4.79 Å². The summed E-state index contributed by atoms with van der Waals surface area (Å²) in [7, 11) is 0. The first-order valence-corrected chi connectivity index (χ1v) is 5.61. The van der Waals surface area contributed by atoms with Crippen LogP contribution in [0.5, 0.6) is 0 Å². The molecule has 4 nitrogen and oxygen atoms in total. The molecular formula is C11H22N2O2. The van der Waals surface area contributed by atoms with E-state index in [1.807, 2.05) is 20.8 Å². The second kappa shape index (κ2) is 4.84.